The van der Waals surface area contributed by atoms with E-state index in [1.54, 1.807) is 6.92 Å². The topological polar surface area (TPSA) is 89.3 Å². The normalized spacial score (nSPS) is 10.8. The molecular weight excluding hydrogens is 158 g/mol. The lowest BCUT2D eigenvalue weighted by Crippen LogP contribution is -2.00. The molecule has 2 aromatic rings. The maximum atomic E-state index is 9.42. The molecule has 0 aliphatic heterocycles. The number of hydrogen-bond acceptors (Lipinski definition) is 5. The van der Waals surface area contributed by atoms with E-state index in [0.717, 1.165) is 0 Å². The van der Waals surface area contributed by atoms with Gasteiger partial charge in [0.1, 0.15) is 12.0 Å². The van der Waals surface area contributed by atoms with Crippen molar-refractivity contribution in [1.82, 2.24) is 19.6 Å². The van der Waals surface area contributed by atoms with Crippen molar-refractivity contribution in [2.45, 2.75) is 6.92 Å². The van der Waals surface area contributed by atoms with Gasteiger partial charge in [-0.3, -0.25) is 0 Å². The Bertz CT molecular complexity index is 435. The fourth-order valence-corrected chi connectivity index (χ4v) is 0.947. The molecule has 6 nitrogen and oxygen atoms in total. The molecule has 0 unspecified atom stereocenters. The Hall–Kier alpha value is -1.85. The van der Waals surface area contributed by atoms with E-state index in [2.05, 4.69) is 15.1 Å². The number of fused-ring (bicyclic) bond motifs is 1. The molecule has 62 valence electrons. The Balaban J connectivity index is 2.94. The molecule has 0 radical (unpaired) electrons. The number of nitrogens with two attached hydrogens (primary N) is 1. The molecule has 2 rings (SSSR count). The van der Waals surface area contributed by atoms with Gasteiger partial charge in [-0.15, -0.1) is 0 Å². The van der Waals surface area contributed by atoms with Crippen LogP contribution in [0.4, 0.5) is 5.69 Å². The number of nitrogens with zero attached hydrogens (tertiary/aromatic N) is 4. The Morgan fingerprint density at radius 2 is 2.33 bits per heavy atom. The Morgan fingerprint density at radius 1 is 1.58 bits per heavy atom. The molecule has 3 N–H and O–H groups in total. The van der Waals surface area contributed by atoms with Gasteiger partial charge >= 0.3 is 0 Å². The molecule has 0 bridgehead atoms. The standard InChI is InChI=1S/C6H7N5O/c1-3-4(7)5(12)11-6(10-3)8-2-9-11/h2,12H,7H2,1H3. The summed E-state index contributed by atoms with van der Waals surface area (Å²) in [6, 6.07) is 0. The van der Waals surface area contributed by atoms with Gasteiger partial charge in [-0.05, 0) is 6.92 Å². The number of anilines is 1. The summed E-state index contributed by atoms with van der Waals surface area (Å²) in [7, 11) is 0. The van der Waals surface area contributed by atoms with Gasteiger partial charge in [0, 0.05) is 0 Å². The molecule has 12 heavy (non-hydrogen) atoms. The van der Waals surface area contributed by atoms with Crippen LogP contribution in [-0.4, -0.2) is 24.7 Å². The first-order chi connectivity index (χ1) is 5.70. The molecule has 0 aliphatic rings. The average molecular weight is 165 g/mol. The largest absolute Gasteiger partial charge is 0.492 e. The van der Waals surface area contributed by atoms with Gasteiger partial charge in [0.2, 0.25) is 5.88 Å². The Kier molecular flexibility index (Phi) is 1.18. The van der Waals surface area contributed by atoms with Crippen molar-refractivity contribution in [2.24, 2.45) is 0 Å². The third kappa shape index (κ3) is 0.714. The minimum Gasteiger partial charge on any atom is -0.492 e. The second kappa shape index (κ2) is 2.07. The summed E-state index contributed by atoms with van der Waals surface area (Å²) in [6.45, 7) is 1.70. The first kappa shape index (κ1) is 6.84. The third-order valence-corrected chi connectivity index (χ3v) is 1.63. The van der Waals surface area contributed by atoms with Crippen molar-refractivity contribution >= 4 is 11.5 Å². The number of hydrogen-bond donors (Lipinski definition) is 2. The van der Waals surface area contributed by atoms with Gasteiger partial charge in [0.15, 0.2) is 0 Å². The number of rotatable bonds is 0. The zero-order valence-corrected chi connectivity index (χ0v) is 6.39. The molecule has 0 saturated heterocycles. The third-order valence-electron chi connectivity index (χ3n) is 1.63. The second-order valence-corrected chi connectivity index (χ2v) is 2.41. The first-order valence-electron chi connectivity index (χ1n) is 3.35. The Labute approximate surface area is 67.7 Å². The smallest absolute Gasteiger partial charge is 0.255 e. The zero-order valence-electron chi connectivity index (χ0n) is 6.39. The van der Waals surface area contributed by atoms with Crippen LogP contribution in [0.5, 0.6) is 5.88 Å². The maximum Gasteiger partial charge on any atom is 0.255 e. The van der Waals surface area contributed by atoms with Gasteiger partial charge in [-0.2, -0.15) is 14.6 Å². The maximum absolute atomic E-state index is 9.42. The second-order valence-electron chi connectivity index (χ2n) is 2.41. The van der Waals surface area contributed by atoms with Crippen molar-refractivity contribution in [3.63, 3.8) is 0 Å². The van der Waals surface area contributed by atoms with Crippen molar-refractivity contribution in [3.8, 4) is 5.88 Å². The highest BCUT2D eigenvalue weighted by molar-refractivity contribution is 5.54. The van der Waals surface area contributed by atoms with E-state index < -0.39 is 0 Å². The lowest BCUT2D eigenvalue weighted by molar-refractivity contribution is 0.437. The van der Waals surface area contributed by atoms with Crippen molar-refractivity contribution in [3.05, 3.63) is 12.0 Å². The van der Waals surface area contributed by atoms with E-state index in [1.807, 2.05) is 0 Å². The van der Waals surface area contributed by atoms with Crippen LogP contribution in [0.15, 0.2) is 6.33 Å². The van der Waals surface area contributed by atoms with E-state index in [0.29, 0.717) is 11.5 Å². The molecule has 0 aromatic carbocycles. The summed E-state index contributed by atoms with van der Waals surface area (Å²) < 4.78 is 1.18. The van der Waals surface area contributed by atoms with E-state index >= 15 is 0 Å². The SMILES string of the molecule is Cc1nc2ncnn2c(O)c1N. The molecule has 2 heterocycles. The first-order valence-corrected chi connectivity index (χ1v) is 3.35. The van der Waals surface area contributed by atoms with Gasteiger partial charge < -0.3 is 10.8 Å². The van der Waals surface area contributed by atoms with E-state index in [-0.39, 0.29) is 11.6 Å². The van der Waals surface area contributed by atoms with Gasteiger partial charge in [-0.25, -0.2) is 4.98 Å². The number of aromatic hydroxyl groups is 1. The van der Waals surface area contributed by atoms with E-state index in [9.17, 15) is 5.11 Å². The lowest BCUT2D eigenvalue weighted by atomic mass is 10.4. The van der Waals surface area contributed by atoms with Gasteiger partial charge in [-0.1, -0.05) is 0 Å². The molecular formula is C6H7N5O. The van der Waals surface area contributed by atoms with Crippen molar-refractivity contribution in [2.75, 3.05) is 5.73 Å². The number of aromatic nitrogens is 4. The average Bonchev–Trinajstić information content (AvgIpc) is 2.48. The van der Waals surface area contributed by atoms with Crippen LogP contribution in [0.1, 0.15) is 5.69 Å². The number of aryl methyl sites for hydroxylation is 1. The van der Waals surface area contributed by atoms with Crippen LogP contribution in [0.25, 0.3) is 5.78 Å². The quantitative estimate of drug-likeness (QED) is 0.560. The van der Waals surface area contributed by atoms with Crippen LogP contribution >= 0.6 is 0 Å². The monoisotopic (exact) mass is 165 g/mol. The minimum absolute atomic E-state index is 0.116. The molecule has 0 aliphatic carbocycles. The van der Waals surface area contributed by atoms with E-state index in [1.165, 1.54) is 10.8 Å². The summed E-state index contributed by atoms with van der Waals surface area (Å²) >= 11 is 0. The van der Waals surface area contributed by atoms with Crippen molar-refractivity contribution < 1.29 is 5.11 Å². The van der Waals surface area contributed by atoms with Gasteiger partial charge in [0.25, 0.3) is 5.78 Å². The zero-order chi connectivity index (χ0) is 8.72. The predicted molar refractivity (Wildman–Crippen MR) is 41.6 cm³/mol. The molecule has 0 saturated carbocycles. The van der Waals surface area contributed by atoms with Crippen LogP contribution < -0.4 is 5.73 Å². The fraction of sp³-hybridized carbons (Fsp3) is 0.167. The van der Waals surface area contributed by atoms with Gasteiger partial charge in [0.05, 0.1) is 5.69 Å². The highest BCUT2D eigenvalue weighted by Gasteiger charge is 2.09. The molecule has 0 fully saturated rings. The van der Waals surface area contributed by atoms with E-state index in [4.69, 9.17) is 5.73 Å². The van der Waals surface area contributed by atoms with Crippen LogP contribution in [0.2, 0.25) is 0 Å². The predicted octanol–water partition coefficient (Wildman–Crippen LogP) is -0.279. The van der Waals surface area contributed by atoms with Crippen LogP contribution in [-0.2, 0) is 0 Å². The summed E-state index contributed by atoms with van der Waals surface area (Å²) in [5.74, 6) is 0.231. The highest BCUT2D eigenvalue weighted by Crippen LogP contribution is 2.21. The summed E-state index contributed by atoms with van der Waals surface area (Å²) in [6.07, 6.45) is 1.31. The fourth-order valence-electron chi connectivity index (χ4n) is 0.947. The molecule has 0 atom stereocenters. The highest BCUT2D eigenvalue weighted by atomic mass is 16.3. The minimum atomic E-state index is -0.116. The number of nitrogen functional groups attached to an aromatic ring is 1. The van der Waals surface area contributed by atoms with Crippen molar-refractivity contribution in [1.29, 1.82) is 0 Å². The van der Waals surface area contributed by atoms with Crippen LogP contribution in [0.3, 0.4) is 0 Å². The summed E-state index contributed by atoms with van der Waals surface area (Å²) in [5.41, 5.74) is 6.28. The van der Waals surface area contributed by atoms with Crippen LogP contribution in [0, 0.1) is 6.92 Å². The lowest BCUT2D eigenvalue weighted by Gasteiger charge is -2.02. The summed E-state index contributed by atoms with van der Waals surface area (Å²) in [4.78, 5) is 7.81. The molecule has 0 amide bonds. The summed E-state index contributed by atoms with van der Waals surface area (Å²) in [5, 5.41) is 13.2. The molecule has 2 aromatic heterocycles. The Morgan fingerprint density at radius 3 is 3.08 bits per heavy atom. The molecule has 0 spiro atoms. The molecule has 6 heteroatoms.